The van der Waals surface area contributed by atoms with Crippen molar-refractivity contribution < 1.29 is 4.74 Å². The van der Waals surface area contributed by atoms with E-state index in [0.29, 0.717) is 0 Å². The second-order valence-corrected chi connectivity index (χ2v) is 4.99. The minimum atomic E-state index is 0.119. The average molecular weight is 215 g/mol. The Morgan fingerprint density at radius 3 is 2.50 bits per heavy atom. The molecule has 16 heavy (non-hydrogen) atoms. The second kappa shape index (κ2) is 3.78. The van der Waals surface area contributed by atoms with Crippen LogP contribution in [0.2, 0.25) is 0 Å². The van der Waals surface area contributed by atoms with Crippen LogP contribution in [0.1, 0.15) is 26.3 Å². The van der Waals surface area contributed by atoms with E-state index >= 15 is 0 Å². The Labute approximate surface area is 96.3 Å². The molecule has 0 N–H and O–H groups in total. The number of rotatable bonds is 1. The molecule has 0 saturated carbocycles. The van der Waals surface area contributed by atoms with E-state index in [1.165, 1.54) is 10.9 Å². The molecule has 2 rings (SSSR count). The Morgan fingerprint density at radius 2 is 1.88 bits per heavy atom. The van der Waals surface area contributed by atoms with Crippen LogP contribution in [0, 0.1) is 0 Å². The molecule has 2 aromatic rings. The highest BCUT2D eigenvalue weighted by Gasteiger charge is 2.17. The van der Waals surface area contributed by atoms with Crippen LogP contribution in [0.5, 0.6) is 5.75 Å². The van der Waals surface area contributed by atoms with Gasteiger partial charge in [-0.15, -0.1) is 0 Å². The molecule has 0 bridgehead atoms. The van der Waals surface area contributed by atoms with Crippen molar-refractivity contribution in [3.05, 3.63) is 36.0 Å². The van der Waals surface area contributed by atoms with Crippen LogP contribution in [-0.2, 0) is 5.41 Å². The first-order valence-electron chi connectivity index (χ1n) is 5.45. The average Bonchev–Trinajstić information content (AvgIpc) is 2.26. The third-order valence-corrected chi connectivity index (χ3v) is 2.76. The Bertz CT molecular complexity index is 512. The van der Waals surface area contributed by atoms with Gasteiger partial charge in [-0.25, -0.2) is 0 Å². The second-order valence-electron chi connectivity index (χ2n) is 4.99. The van der Waals surface area contributed by atoms with Crippen molar-refractivity contribution in [2.45, 2.75) is 26.2 Å². The lowest BCUT2D eigenvalue weighted by Crippen LogP contribution is -2.11. The number of aromatic nitrogens is 1. The van der Waals surface area contributed by atoms with E-state index in [0.717, 1.165) is 11.3 Å². The van der Waals surface area contributed by atoms with Crippen LogP contribution in [-0.4, -0.2) is 12.1 Å². The summed E-state index contributed by atoms with van der Waals surface area (Å²) in [6, 6.07) is 8.09. The molecule has 1 aromatic carbocycles. The molecular formula is C14H17NO. The van der Waals surface area contributed by atoms with Gasteiger partial charge in [-0.1, -0.05) is 20.8 Å². The van der Waals surface area contributed by atoms with Gasteiger partial charge in [-0.05, 0) is 35.2 Å². The molecule has 2 heteroatoms. The number of pyridine rings is 1. The first kappa shape index (κ1) is 10.9. The van der Waals surface area contributed by atoms with Crippen molar-refractivity contribution in [3.63, 3.8) is 0 Å². The number of fused-ring (bicyclic) bond motifs is 1. The van der Waals surface area contributed by atoms with Crippen LogP contribution in [0.4, 0.5) is 0 Å². The van der Waals surface area contributed by atoms with Gasteiger partial charge in [0, 0.05) is 11.6 Å². The van der Waals surface area contributed by atoms with Gasteiger partial charge in [0.25, 0.3) is 0 Å². The van der Waals surface area contributed by atoms with Crippen molar-refractivity contribution in [1.29, 1.82) is 0 Å². The van der Waals surface area contributed by atoms with E-state index in [9.17, 15) is 0 Å². The number of benzene rings is 1. The first-order valence-corrected chi connectivity index (χ1v) is 5.45. The summed E-state index contributed by atoms with van der Waals surface area (Å²) in [5.41, 5.74) is 2.44. The predicted molar refractivity (Wildman–Crippen MR) is 67.0 cm³/mol. The Balaban J connectivity index is 2.74. The zero-order valence-corrected chi connectivity index (χ0v) is 10.2. The fourth-order valence-corrected chi connectivity index (χ4v) is 1.91. The van der Waals surface area contributed by atoms with Crippen LogP contribution < -0.4 is 4.74 Å². The van der Waals surface area contributed by atoms with Crippen LogP contribution in [0.15, 0.2) is 30.5 Å². The summed E-state index contributed by atoms with van der Waals surface area (Å²) in [7, 11) is 1.69. The van der Waals surface area contributed by atoms with Crippen molar-refractivity contribution in [3.8, 4) is 5.75 Å². The van der Waals surface area contributed by atoms with Crippen LogP contribution in [0.3, 0.4) is 0 Å². The Morgan fingerprint density at radius 1 is 1.12 bits per heavy atom. The maximum atomic E-state index is 5.26. The van der Waals surface area contributed by atoms with Gasteiger partial charge >= 0.3 is 0 Å². The van der Waals surface area contributed by atoms with Gasteiger partial charge in [-0.3, -0.25) is 4.98 Å². The first-order chi connectivity index (χ1) is 7.52. The molecule has 0 atom stereocenters. The molecule has 0 aliphatic carbocycles. The molecule has 0 unspecified atom stereocenters. The molecule has 0 fully saturated rings. The maximum absolute atomic E-state index is 5.26. The van der Waals surface area contributed by atoms with E-state index in [4.69, 9.17) is 4.74 Å². The number of ether oxygens (including phenoxy) is 1. The summed E-state index contributed by atoms with van der Waals surface area (Å²) < 4.78 is 5.26. The number of hydrogen-bond donors (Lipinski definition) is 0. The van der Waals surface area contributed by atoms with Gasteiger partial charge < -0.3 is 4.74 Å². The molecule has 0 amide bonds. The Hall–Kier alpha value is -1.57. The van der Waals surface area contributed by atoms with Gasteiger partial charge in [0.15, 0.2) is 0 Å². The zero-order chi connectivity index (χ0) is 11.8. The smallest absolute Gasteiger partial charge is 0.119 e. The van der Waals surface area contributed by atoms with E-state index in [-0.39, 0.29) is 5.41 Å². The highest BCUT2D eigenvalue weighted by Crippen LogP contribution is 2.30. The number of methoxy groups -OCH3 is 1. The summed E-state index contributed by atoms with van der Waals surface area (Å²) in [6.45, 7) is 6.63. The van der Waals surface area contributed by atoms with Crippen LogP contribution >= 0.6 is 0 Å². The standard InChI is InChI=1S/C14H17NO/c1-14(2,3)12-7-8-15-13-6-5-10(16-4)9-11(12)13/h5-9H,1-4H3. The topological polar surface area (TPSA) is 22.1 Å². The van der Waals surface area contributed by atoms with E-state index in [2.05, 4.69) is 37.9 Å². The van der Waals surface area contributed by atoms with Gasteiger partial charge in [-0.2, -0.15) is 0 Å². The lowest BCUT2D eigenvalue weighted by molar-refractivity contribution is 0.415. The number of nitrogens with zero attached hydrogens (tertiary/aromatic N) is 1. The third-order valence-electron chi connectivity index (χ3n) is 2.76. The summed E-state index contributed by atoms with van der Waals surface area (Å²) in [5.74, 6) is 0.881. The summed E-state index contributed by atoms with van der Waals surface area (Å²) in [4.78, 5) is 4.38. The normalized spacial score (nSPS) is 11.8. The molecule has 0 spiro atoms. The number of hydrogen-bond acceptors (Lipinski definition) is 2. The molecule has 0 saturated heterocycles. The van der Waals surface area contributed by atoms with Gasteiger partial charge in [0.05, 0.1) is 12.6 Å². The minimum Gasteiger partial charge on any atom is -0.497 e. The predicted octanol–water partition coefficient (Wildman–Crippen LogP) is 3.54. The fourth-order valence-electron chi connectivity index (χ4n) is 1.91. The third kappa shape index (κ3) is 1.87. The molecule has 1 heterocycles. The zero-order valence-electron chi connectivity index (χ0n) is 10.2. The van der Waals surface area contributed by atoms with Crippen molar-refractivity contribution in [2.24, 2.45) is 0 Å². The van der Waals surface area contributed by atoms with E-state index in [1.807, 2.05) is 18.3 Å². The molecular weight excluding hydrogens is 198 g/mol. The van der Waals surface area contributed by atoms with E-state index < -0.39 is 0 Å². The molecule has 84 valence electrons. The molecule has 0 aliphatic rings. The minimum absolute atomic E-state index is 0.119. The van der Waals surface area contributed by atoms with Crippen molar-refractivity contribution in [2.75, 3.05) is 7.11 Å². The molecule has 1 aromatic heterocycles. The quantitative estimate of drug-likeness (QED) is 0.726. The monoisotopic (exact) mass is 215 g/mol. The molecule has 0 aliphatic heterocycles. The van der Waals surface area contributed by atoms with Gasteiger partial charge in [0.1, 0.15) is 5.75 Å². The molecule has 2 nitrogen and oxygen atoms in total. The summed E-state index contributed by atoms with van der Waals surface area (Å²) in [6.07, 6.45) is 1.87. The fraction of sp³-hybridized carbons (Fsp3) is 0.357. The molecule has 0 radical (unpaired) electrons. The maximum Gasteiger partial charge on any atom is 0.119 e. The van der Waals surface area contributed by atoms with Crippen molar-refractivity contribution in [1.82, 2.24) is 4.98 Å². The SMILES string of the molecule is COc1ccc2nccc(C(C)(C)C)c2c1. The highest BCUT2D eigenvalue weighted by atomic mass is 16.5. The van der Waals surface area contributed by atoms with Crippen molar-refractivity contribution >= 4 is 10.9 Å². The lowest BCUT2D eigenvalue weighted by atomic mass is 9.85. The van der Waals surface area contributed by atoms with E-state index in [1.54, 1.807) is 7.11 Å². The summed E-state index contributed by atoms with van der Waals surface area (Å²) in [5, 5.41) is 1.18. The largest absolute Gasteiger partial charge is 0.497 e. The summed E-state index contributed by atoms with van der Waals surface area (Å²) >= 11 is 0. The van der Waals surface area contributed by atoms with Crippen LogP contribution in [0.25, 0.3) is 10.9 Å². The highest BCUT2D eigenvalue weighted by molar-refractivity contribution is 5.84. The Kier molecular flexibility index (Phi) is 2.58. The lowest BCUT2D eigenvalue weighted by Gasteiger charge is -2.21. The van der Waals surface area contributed by atoms with Gasteiger partial charge in [0.2, 0.25) is 0 Å².